The lowest BCUT2D eigenvalue weighted by Crippen LogP contribution is -2.23. The van der Waals surface area contributed by atoms with E-state index in [1.165, 1.54) is 12.0 Å². The highest BCUT2D eigenvalue weighted by Gasteiger charge is 2.27. The molecule has 1 amide bonds. The second-order valence-corrected chi connectivity index (χ2v) is 2.76. The third-order valence-corrected chi connectivity index (χ3v) is 1.95. The van der Waals surface area contributed by atoms with Crippen LogP contribution in [0.3, 0.4) is 0 Å². The molecule has 13 heavy (non-hydrogen) atoms. The van der Waals surface area contributed by atoms with Crippen LogP contribution in [-0.2, 0) is 14.3 Å². The Labute approximate surface area is 80.3 Å². The van der Waals surface area contributed by atoms with Crippen molar-refractivity contribution in [1.29, 1.82) is 0 Å². The number of likely N-dealkylation sites (N-methyl/N-ethyl adjacent to an activating group) is 1. The van der Waals surface area contributed by atoms with E-state index < -0.39 is 11.9 Å². The van der Waals surface area contributed by atoms with Gasteiger partial charge >= 0.3 is 5.97 Å². The van der Waals surface area contributed by atoms with Crippen molar-refractivity contribution in [1.82, 2.24) is 10.2 Å². The topological polar surface area (TPSA) is 58.6 Å². The lowest BCUT2D eigenvalue weighted by Gasteiger charge is -2.07. The zero-order chi connectivity index (χ0) is 10.0. The van der Waals surface area contributed by atoms with Crippen molar-refractivity contribution >= 4 is 29.2 Å². The maximum atomic E-state index is 11.1. The van der Waals surface area contributed by atoms with Crippen molar-refractivity contribution in [3.05, 3.63) is 11.8 Å². The fraction of sp³-hybridized carbons (Fsp3) is 0.286. The SMILES string of the molecule is COC(=O)/C=C1\C(=O)NC(=S)N1C. The van der Waals surface area contributed by atoms with E-state index in [0.29, 0.717) is 0 Å². The van der Waals surface area contributed by atoms with Crippen LogP contribution in [0.2, 0.25) is 0 Å². The van der Waals surface area contributed by atoms with Gasteiger partial charge in [0.25, 0.3) is 5.91 Å². The van der Waals surface area contributed by atoms with Crippen LogP contribution in [0, 0.1) is 0 Å². The molecule has 0 aromatic heterocycles. The third-order valence-electron chi connectivity index (χ3n) is 1.57. The Morgan fingerprint density at radius 2 is 2.31 bits per heavy atom. The second-order valence-electron chi connectivity index (χ2n) is 2.37. The number of esters is 1. The van der Waals surface area contributed by atoms with Gasteiger partial charge in [0, 0.05) is 7.05 Å². The largest absolute Gasteiger partial charge is 0.466 e. The molecular formula is C7H8N2O3S. The second kappa shape index (κ2) is 3.53. The Morgan fingerprint density at radius 1 is 1.69 bits per heavy atom. The Bertz CT molecular complexity index is 311. The van der Waals surface area contributed by atoms with Gasteiger partial charge in [-0.15, -0.1) is 0 Å². The van der Waals surface area contributed by atoms with Crippen molar-refractivity contribution in [3.8, 4) is 0 Å². The van der Waals surface area contributed by atoms with Gasteiger partial charge in [0.2, 0.25) is 0 Å². The fourth-order valence-corrected chi connectivity index (χ4v) is 1.03. The molecule has 0 bridgehead atoms. The minimum Gasteiger partial charge on any atom is -0.466 e. The van der Waals surface area contributed by atoms with Gasteiger partial charge in [0.05, 0.1) is 13.2 Å². The molecule has 0 aromatic rings. The fourth-order valence-electron chi connectivity index (χ4n) is 0.840. The van der Waals surface area contributed by atoms with Crippen molar-refractivity contribution in [3.63, 3.8) is 0 Å². The van der Waals surface area contributed by atoms with E-state index in [1.807, 2.05) is 0 Å². The molecule has 0 atom stereocenters. The van der Waals surface area contributed by atoms with E-state index in [1.54, 1.807) is 7.05 Å². The average molecular weight is 200 g/mol. The Hall–Kier alpha value is -1.43. The number of nitrogens with zero attached hydrogens (tertiary/aromatic N) is 1. The molecule has 0 saturated carbocycles. The third kappa shape index (κ3) is 1.83. The summed E-state index contributed by atoms with van der Waals surface area (Å²) in [7, 11) is 2.83. The first-order valence-electron chi connectivity index (χ1n) is 3.45. The predicted molar refractivity (Wildman–Crippen MR) is 48.6 cm³/mol. The molecule has 1 aliphatic heterocycles. The van der Waals surface area contributed by atoms with Gasteiger partial charge in [-0.1, -0.05) is 0 Å². The number of carbonyl (C=O) groups excluding carboxylic acids is 2. The number of amides is 1. The standard InChI is InChI=1S/C7H8N2O3S/c1-9-4(3-5(10)12-2)6(11)8-7(9)13/h3H,1-2H3,(H,8,11,13)/b4-3+. The molecule has 1 heterocycles. The van der Waals surface area contributed by atoms with Crippen LogP contribution in [0.15, 0.2) is 11.8 Å². The molecule has 0 radical (unpaired) electrons. The molecule has 5 nitrogen and oxygen atoms in total. The van der Waals surface area contributed by atoms with E-state index in [9.17, 15) is 9.59 Å². The predicted octanol–water partition coefficient (Wildman–Crippen LogP) is -0.610. The van der Waals surface area contributed by atoms with Crippen molar-refractivity contribution < 1.29 is 14.3 Å². The summed E-state index contributed by atoms with van der Waals surface area (Å²) in [5.41, 5.74) is 0.192. The zero-order valence-electron chi connectivity index (χ0n) is 7.16. The maximum absolute atomic E-state index is 11.1. The Balaban J connectivity index is 2.91. The van der Waals surface area contributed by atoms with Crippen LogP contribution in [-0.4, -0.2) is 36.0 Å². The molecule has 1 rings (SSSR count). The lowest BCUT2D eigenvalue weighted by molar-refractivity contribution is -0.135. The van der Waals surface area contributed by atoms with Gasteiger partial charge in [0.15, 0.2) is 5.11 Å². The summed E-state index contributed by atoms with van der Waals surface area (Å²) >= 11 is 4.79. The van der Waals surface area contributed by atoms with Gasteiger partial charge in [0.1, 0.15) is 5.70 Å². The first-order chi connectivity index (χ1) is 6.06. The quantitative estimate of drug-likeness (QED) is 0.347. The summed E-state index contributed by atoms with van der Waals surface area (Å²) in [5.74, 6) is -0.973. The van der Waals surface area contributed by atoms with Gasteiger partial charge in [-0.3, -0.25) is 10.1 Å². The lowest BCUT2D eigenvalue weighted by atomic mass is 10.4. The van der Waals surface area contributed by atoms with Crippen LogP contribution in [0.4, 0.5) is 0 Å². The number of ether oxygens (including phenoxy) is 1. The molecule has 1 aliphatic rings. The summed E-state index contributed by atoms with van der Waals surface area (Å²) in [6.07, 6.45) is 1.09. The van der Waals surface area contributed by atoms with Crippen LogP contribution in [0.5, 0.6) is 0 Å². The molecule has 70 valence electrons. The normalized spacial score (nSPS) is 19.2. The highest BCUT2D eigenvalue weighted by molar-refractivity contribution is 7.80. The monoisotopic (exact) mass is 200 g/mol. The summed E-state index contributed by atoms with van der Waals surface area (Å²) < 4.78 is 4.38. The smallest absolute Gasteiger partial charge is 0.332 e. The number of methoxy groups -OCH3 is 1. The molecule has 1 N–H and O–H groups in total. The number of thiocarbonyl (C=S) groups is 1. The maximum Gasteiger partial charge on any atom is 0.332 e. The van der Waals surface area contributed by atoms with Crippen LogP contribution >= 0.6 is 12.2 Å². The van der Waals surface area contributed by atoms with Gasteiger partial charge in [-0.2, -0.15) is 0 Å². The first kappa shape index (κ1) is 9.66. The van der Waals surface area contributed by atoms with Gasteiger partial charge in [-0.05, 0) is 12.2 Å². The molecule has 0 unspecified atom stereocenters. The van der Waals surface area contributed by atoms with Crippen LogP contribution in [0.1, 0.15) is 0 Å². The van der Waals surface area contributed by atoms with Crippen LogP contribution < -0.4 is 5.32 Å². The van der Waals surface area contributed by atoms with E-state index in [4.69, 9.17) is 12.2 Å². The molecule has 0 spiro atoms. The summed E-state index contributed by atoms with van der Waals surface area (Å²) in [5, 5.41) is 2.67. The highest BCUT2D eigenvalue weighted by Crippen LogP contribution is 2.09. The van der Waals surface area contributed by atoms with Crippen molar-refractivity contribution in [2.75, 3.05) is 14.2 Å². The van der Waals surface area contributed by atoms with E-state index in [0.717, 1.165) is 6.08 Å². The number of nitrogens with one attached hydrogen (secondary N) is 1. The number of rotatable bonds is 1. The Kier molecular flexibility index (Phi) is 2.62. The van der Waals surface area contributed by atoms with Crippen molar-refractivity contribution in [2.45, 2.75) is 0 Å². The van der Waals surface area contributed by atoms with Gasteiger partial charge < -0.3 is 9.64 Å². The number of hydrogen-bond donors (Lipinski definition) is 1. The summed E-state index contributed by atoms with van der Waals surface area (Å²) in [6.45, 7) is 0. The summed E-state index contributed by atoms with van der Waals surface area (Å²) in [6, 6.07) is 0. The van der Waals surface area contributed by atoms with Crippen molar-refractivity contribution in [2.24, 2.45) is 0 Å². The molecule has 1 saturated heterocycles. The summed E-state index contributed by atoms with van der Waals surface area (Å²) in [4.78, 5) is 23.4. The zero-order valence-corrected chi connectivity index (χ0v) is 7.97. The van der Waals surface area contributed by atoms with E-state index in [2.05, 4.69) is 10.1 Å². The molecule has 1 fully saturated rings. The van der Waals surface area contributed by atoms with E-state index in [-0.39, 0.29) is 10.8 Å². The van der Waals surface area contributed by atoms with Crippen LogP contribution in [0.25, 0.3) is 0 Å². The number of carbonyl (C=O) groups is 2. The molecule has 0 aliphatic carbocycles. The molecule has 0 aromatic carbocycles. The molecular weight excluding hydrogens is 192 g/mol. The minimum absolute atomic E-state index is 0.192. The van der Waals surface area contributed by atoms with Gasteiger partial charge in [-0.25, -0.2) is 4.79 Å². The molecule has 6 heteroatoms. The van der Waals surface area contributed by atoms with E-state index >= 15 is 0 Å². The minimum atomic E-state index is -0.582. The Morgan fingerprint density at radius 3 is 2.69 bits per heavy atom. The highest BCUT2D eigenvalue weighted by atomic mass is 32.1. The average Bonchev–Trinajstić information content (AvgIpc) is 2.32. The number of hydrogen-bond acceptors (Lipinski definition) is 4. The first-order valence-corrected chi connectivity index (χ1v) is 3.85.